The van der Waals surface area contributed by atoms with Gasteiger partial charge in [-0.05, 0) is 65.0 Å². The van der Waals surface area contributed by atoms with Crippen molar-refractivity contribution in [1.82, 2.24) is 15.0 Å². The average Bonchev–Trinajstić information content (AvgIpc) is 2.93. The number of halogens is 2. The van der Waals surface area contributed by atoms with E-state index >= 15 is 0 Å². The number of rotatable bonds is 7. The van der Waals surface area contributed by atoms with Crippen LogP contribution in [0.5, 0.6) is 5.75 Å². The SMILES string of the molecule is CN(c1ccc2c(O)c(/N=N/c3ccc4c(S(=O)(=O)O)cccc4c3S(=O)(=O)O)c(S(=O)(=O)O)cc2c1)c1nc(Cl)nc(Cl)n1. The van der Waals surface area contributed by atoms with Gasteiger partial charge in [-0.2, -0.15) is 40.2 Å². The van der Waals surface area contributed by atoms with Gasteiger partial charge in [-0.3, -0.25) is 13.7 Å². The molecule has 4 aromatic carbocycles. The fraction of sp³-hybridized carbons (Fsp3) is 0.0417. The lowest BCUT2D eigenvalue weighted by molar-refractivity contribution is 0.472. The minimum absolute atomic E-state index is 0.0199. The van der Waals surface area contributed by atoms with Crippen LogP contribution in [0.3, 0.4) is 0 Å². The Labute approximate surface area is 263 Å². The van der Waals surface area contributed by atoms with Gasteiger partial charge in [-0.15, -0.1) is 10.2 Å². The Morgan fingerprint density at radius 2 is 1.33 bits per heavy atom. The third kappa shape index (κ3) is 6.37. The van der Waals surface area contributed by atoms with E-state index in [9.17, 15) is 44.0 Å². The quantitative estimate of drug-likeness (QED) is 0.126. The van der Waals surface area contributed by atoms with Crippen LogP contribution in [0.25, 0.3) is 21.5 Å². The number of hydrogen-bond acceptors (Lipinski definition) is 13. The summed E-state index contributed by atoms with van der Waals surface area (Å²) < 4.78 is 103. The van der Waals surface area contributed by atoms with Gasteiger partial charge in [0.05, 0.1) is 0 Å². The van der Waals surface area contributed by atoms with Crippen molar-refractivity contribution in [3.05, 3.63) is 65.2 Å². The maximum absolute atomic E-state index is 12.4. The number of azo groups is 1. The van der Waals surface area contributed by atoms with Crippen molar-refractivity contribution in [2.24, 2.45) is 10.2 Å². The van der Waals surface area contributed by atoms with Gasteiger partial charge in [0.25, 0.3) is 30.4 Å². The number of hydrogen-bond donors (Lipinski definition) is 4. The first-order valence-electron chi connectivity index (χ1n) is 11.9. The Balaban J connectivity index is 1.69. The second-order valence-electron chi connectivity index (χ2n) is 9.10. The Morgan fingerprint density at radius 3 is 1.93 bits per heavy atom. The van der Waals surface area contributed by atoms with Crippen LogP contribution < -0.4 is 4.90 Å². The molecular formula is C24H16Cl2N6O10S3. The van der Waals surface area contributed by atoms with Crippen LogP contribution in [0.4, 0.5) is 23.0 Å². The number of aromatic nitrogens is 3. The summed E-state index contributed by atoms with van der Waals surface area (Å²) in [5.41, 5.74) is -1.05. The van der Waals surface area contributed by atoms with E-state index in [4.69, 9.17) is 23.2 Å². The summed E-state index contributed by atoms with van der Waals surface area (Å²) in [4.78, 5) is 10.5. The number of phenolic OH excluding ortho intramolecular Hbond substituents is 1. The number of fused-ring (bicyclic) bond motifs is 2. The van der Waals surface area contributed by atoms with E-state index in [0.29, 0.717) is 5.69 Å². The van der Waals surface area contributed by atoms with E-state index < -0.39 is 62.2 Å². The van der Waals surface area contributed by atoms with Crippen LogP contribution >= 0.6 is 23.2 Å². The van der Waals surface area contributed by atoms with Crippen LogP contribution in [-0.2, 0) is 30.4 Å². The Hall–Kier alpha value is -4.08. The summed E-state index contributed by atoms with van der Waals surface area (Å²) >= 11 is 11.7. The molecule has 45 heavy (non-hydrogen) atoms. The molecule has 0 saturated heterocycles. The van der Waals surface area contributed by atoms with Crippen molar-refractivity contribution in [2.45, 2.75) is 14.7 Å². The molecule has 0 aliphatic rings. The van der Waals surface area contributed by atoms with Gasteiger partial charge in [0, 0.05) is 28.9 Å². The van der Waals surface area contributed by atoms with E-state index in [2.05, 4.69) is 25.2 Å². The first-order valence-corrected chi connectivity index (χ1v) is 16.9. The molecule has 234 valence electrons. The smallest absolute Gasteiger partial charge is 0.297 e. The molecule has 5 rings (SSSR count). The highest BCUT2D eigenvalue weighted by Crippen LogP contribution is 2.43. The topological polar surface area (TPSA) is 250 Å². The summed E-state index contributed by atoms with van der Waals surface area (Å²) in [6.07, 6.45) is 0. The molecule has 0 saturated carbocycles. The van der Waals surface area contributed by atoms with Gasteiger partial charge in [-0.25, -0.2) is 0 Å². The lowest BCUT2D eigenvalue weighted by Crippen LogP contribution is -2.13. The minimum Gasteiger partial charge on any atom is -0.505 e. The summed E-state index contributed by atoms with van der Waals surface area (Å²) in [5.74, 6) is -0.759. The number of anilines is 2. The maximum Gasteiger partial charge on any atom is 0.297 e. The van der Waals surface area contributed by atoms with Crippen molar-refractivity contribution in [1.29, 1.82) is 0 Å². The molecule has 0 radical (unpaired) electrons. The van der Waals surface area contributed by atoms with Crippen LogP contribution in [0.2, 0.25) is 10.6 Å². The monoisotopic (exact) mass is 714 g/mol. The molecule has 0 atom stereocenters. The lowest BCUT2D eigenvalue weighted by atomic mass is 10.1. The maximum atomic E-state index is 12.4. The van der Waals surface area contributed by atoms with Crippen molar-refractivity contribution in [3.63, 3.8) is 0 Å². The van der Waals surface area contributed by atoms with Crippen LogP contribution in [0, 0.1) is 0 Å². The van der Waals surface area contributed by atoms with E-state index in [1.54, 1.807) is 0 Å². The molecule has 4 N–H and O–H groups in total. The lowest BCUT2D eigenvalue weighted by Gasteiger charge is -2.18. The first-order chi connectivity index (χ1) is 20.9. The standard InChI is InChI=1S/C24H16Cl2N6O10S3/c1-32(24-28-22(25)27-23(26)29-24)12-5-6-13-11(9-12)10-18(44(37,38)39)19(20(13)33)31-30-16-8-7-14-15(21(16)45(40,41)42)3-2-4-17(14)43(34,35)36/h2-10,33H,1H3,(H,34,35,36)(H,37,38,39)(H,40,41,42)/b31-30+. The average molecular weight is 716 g/mol. The van der Waals surface area contributed by atoms with Crippen molar-refractivity contribution in [3.8, 4) is 5.75 Å². The van der Waals surface area contributed by atoms with E-state index in [-0.39, 0.29) is 38.1 Å². The highest BCUT2D eigenvalue weighted by atomic mass is 35.5. The van der Waals surface area contributed by atoms with Gasteiger partial charge >= 0.3 is 0 Å². The molecule has 16 nitrogen and oxygen atoms in total. The highest BCUT2D eigenvalue weighted by Gasteiger charge is 2.26. The van der Waals surface area contributed by atoms with Gasteiger partial charge in [-0.1, -0.05) is 18.2 Å². The van der Waals surface area contributed by atoms with Crippen LogP contribution in [0.15, 0.2) is 79.5 Å². The van der Waals surface area contributed by atoms with Crippen molar-refractivity contribution < 1.29 is 44.0 Å². The van der Waals surface area contributed by atoms with Crippen molar-refractivity contribution in [2.75, 3.05) is 11.9 Å². The molecule has 0 spiro atoms. The Morgan fingerprint density at radius 1 is 0.711 bits per heavy atom. The van der Waals surface area contributed by atoms with Gasteiger partial charge < -0.3 is 10.0 Å². The first kappa shape index (κ1) is 32.3. The molecule has 1 heterocycles. The third-order valence-corrected chi connectivity index (χ3v) is 9.38. The number of benzene rings is 4. The molecule has 0 aliphatic heterocycles. The number of nitrogens with zero attached hydrogens (tertiary/aromatic N) is 6. The third-order valence-electron chi connectivity index (χ3n) is 6.31. The zero-order valence-electron chi connectivity index (χ0n) is 22.1. The largest absolute Gasteiger partial charge is 0.505 e. The summed E-state index contributed by atoms with van der Waals surface area (Å²) in [6.45, 7) is 0. The molecule has 0 aliphatic carbocycles. The van der Waals surface area contributed by atoms with Crippen molar-refractivity contribution >= 4 is 98.1 Å². The van der Waals surface area contributed by atoms with Crippen LogP contribution in [0.1, 0.15) is 0 Å². The molecule has 0 fully saturated rings. The summed E-state index contributed by atoms with van der Waals surface area (Å²) in [5, 5.41) is 17.5. The van der Waals surface area contributed by atoms with E-state index in [1.165, 1.54) is 30.1 Å². The zero-order valence-corrected chi connectivity index (χ0v) is 26.1. The number of aromatic hydroxyl groups is 1. The molecule has 1 aromatic heterocycles. The van der Waals surface area contributed by atoms with Gasteiger partial charge in [0.15, 0.2) is 5.75 Å². The fourth-order valence-electron chi connectivity index (χ4n) is 4.39. The summed E-state index contributed by atoms with van der Waals surface area (Å²) in [6, 6.07) is 10.4. The van der Waals surface area contributed by atoms with Gasteiger partial charge in [0.1, 0.15) is 26.1 Å². The van der Waals surface area contributed by atoms with E-state index in [0.717, 1.165) is 36.4 Å². The Kier molecular flexibility index (Phi) is 8.17. The number of phenols is 1. The van der Waals surface area contributed by atoms with E-state index in [1.807, 2.05) is 0 Å². The zero-order chi connectivity index (χ0) is 33.1. The second kappa shape index (κ2) is 11.4. The molecule has 21 heteroatoms. The molecule has 0 amide bonds. The summed E-state index contributed by atoms with van der Waals surface area (Å²) in [7, 11) is -13.5. The Bertz CT molecular complexity index is 2410. The highest BCUT2D eigenvalue weighted by molar-refractivity contribution is 7.86. The van der Waals surface area contributed by atoms with Gasteiger partial charge in [0.2, 0.25) is 16.5 Å². The minimum atomic E-state index is -5.15. The second-order valence-corrected chi connectivity index (χ2v) is 13.9. The predicted octanol–water partition coefficient (Wildman–Crippen LogP) is 5.11. The fourth-order valence-corrected chi connectivity index (χ4v) is 6.94. The van der Waals surface area contributed by atoms with Crippen LogP contribution in [-0.4, -0.2) is 66.0 Å². The molecular weight excluding hydrogens is 699 g/mol. The normalized spacial score (nSPS) is 12.8. The molecule has 0 unspecified atom stereocenters. The predicted molar refractivity (Wildman–Crippen MR) is 161 cm³/mol. The molecule has 5 aromatic rings. The molecule has 0 bridgehead atoms.